The first-order valence-electron chi connectivity index (χ1n) is 8.85. The lowest BCUT2D eigenvalue weighted by molar-refractivity contribution is -0.121. The Morgan fingerprint density at radius 3 is 2.96 bits per heavy atom. The fraction of sp³-hybridized carbons (Fsp3) is 0.450. The van der Waals surface area contributed by atoms with Gasteiger partial charge >= 0.3 is 0 Å². The number of primary amides is 1. The summed E-state index contributed by atoms with van der Waals surface area (Å²) in [4.78, 5) is 17.5. The molecule has 2 unspecified atom stereocenters. The maximum atomic E-state index is 11.8. The number of aromatic nitrogens is 1. The van der Waals surface area contributed by atoms with Crippen molar-refractivity contribution in [2.45, 2.75) is 38.6 Å². The second kappa shape index (κ2) is 5.49. The molecule has 1 amide bonds. The average Bonchev–Trinajstić information content (AvgIpc) is 2.99. The lowest BCUT2D eigenvalue weighted by Gasteiger charge is -2.40. The van der Waals surface area contributed by atoms with Crippen LogP contribution in [0.15, 0.2) is 24.4 Å². The van der Waals surface area contributed by atoms with Gasteiger partial charge < -0.3 is 10.7 Å². The van der Waals surface area contributed by atoms with Crippen molar-refractivity contribution in [2.75, 3.05) is 13.6 Å². The smallest absolute Gasteiger partial charge is 0.225 e. The Kier molecular flexibility index (Phi) is 3.53. The number of H-pyrrole nitrogens is 1. The lowest BCUT2D eigenvalue weighted by Crippen LogP contribution is -2.45. The molecule has 24 heavy (non-hydrogen) atoms. The molecular weight excluding hydrogens is 298 g/mol. The van der Waals surface area contributed by atoms with Crippen LogP contribution in [0.1, 0.15) is 42.9 Å². The van der Waals surface area contributed by atoms with E-state index in [0.29, 0.717) is 18.5 Å². The first-order valence-corrected chi connectivity index (χ1v) is 8.85. The molecule has 0 saturated heterocycles. The van der Waals surface area contributed by atoms with Crippen molar-refractivity contribution in [1.82, 2.24) is 9.88 Å². The van der Waals surface area contributed by atoms with Crippen LogP contribution in [-0.4, -0.2) is 35.4 Å². The van der Waals surface area contributed by atoms with E-state index in [0.717, 1.165) is 12.8 Å². The molecule has 2 heterocycles. The summed E-state index contributed by atoms with van der Waals surface area (Å²) in [5.74, 6) is 0.0535. The van der Waals surface area contributed by atoms with Gasteiger partial charge in [0.1, 0.15) is 0 Å². The lowest BCUT2D eigenvalue weighted by atomic mass is 9.76. The minimum Gasteiger partial charge on any atom is -0.369 e. The number of nitrogens with two attached hydrogens (primary N) is 1. The standard InChI is InChI=1S/C20H25N3O/c1-4-11(2)14-5-6-16-18-12(9-22-16)8-17-15(19(14)18)7-13(20(21)24)10-23(17)3/h5-7,9,11,13,17,22H,4,8,10H2,1-3H3,(H2,21,24)/t11-,13?,17?/m1/s1. The van der Waals surface area contributed by atoms with Crippen molar-refractivity contribution in [2.24, 2.45) is 11.7 Å². The van der Waals surface area contributed by atoms with Crippen LogP contribution in [0.3, 0.4) is 0 Å². The van der Waals surface area contributed by atoms with Crippen LogP contribution in [0.2, 0.25) is 0 Å². The summed E-state index contributed by atoms with van der Waals surface area (Å²) < 4.78 is 0. The topological polar surface area (TPSA) is 62.1 Å². The summed E-state index contributed by atoms with van der Waals surface area (Å²) in [6.45, 7) is 5.22. The Balaban J connectivity index is 2.01. The minimum atomic E-state index is -0.232. The van der Waals surface area contributed by atoms with Gasteiger partial charge in [-0.1, -0.05) is 26.0 Å². The zero-order valence-corrected chi connectivity index (χ0v) is 14.6. The van der Waals surface area contributed by atoms with Crippen molar-refractivity contribution < 1.29 is 4.79 Å². The van der Waals surface area contributed by atoms with Crippen LogP contribution in [0, 0.1) is 5.92 Å². The summed E-state index contributed by atoms with van der Waals surface area (Å²) in [5, 5.41) is 1.34. The SMILES string of the molecule is CC[C@@H](C)c1ccc2[nH]cc3c2c1C1=CC(C(N)=O)CN(C)C1C3. The fourth-order valence-corrected chi connectivity index (χ4v) is 4.36. The van der Waals surface area contributed by atoms with E-state index < -0.39 is 0 Å². The number of fused-ring (bicyclic) bond motifs is 2. The van der Waals surface area contributed by atoms with Crippen LogP contribution >= 0.6 is 0 Å². The number of aromatic amines is 1. The number of likely N-dealkylation sites (N-methyl/N-ethyl adjacent to an activating group) is 1. The van der Waals surface area contributed by atoms with E-state index in [4.69, 9.17) is 5.73 Å². The maximum Gasteiger partial charge on any atom is 0.225 e. The Morgan fingerprint density at radius 2 is 2.25 bits per heavy atom. The van der Waals surface area contributed by atoms with Crippen LogP contribution < -0.4 is 5.73 Å². The Labute approximate surface area is 142 Å². The van der Waals surface area contributed by atoms with Gasteiger partial charge in [0, 0.05) is 29.7 Å². The van der Waals surface area contributed by atoms with E-state index in [1.54, 1.807) is 0 Å². The molecule has 0 fully saturated rings. The molecule has 4 rings (SSSR count). The van der Waals surface area contributed by atoms with Gasteiger partial charge in [0.15, 0.2) is 0 Å². The van der Waals surface area contributed by atoms with Gasteiger partial charge in [-0.25, -0.2) is 0 Å². The number of carbonyl (C=O) groups excluding carboxylic acids is 1. The molecule has 1 aliphatic heterocycles. The van der Waals surface area contributed by atoms with Gasteiger partial charge in [-0.3, -0.25) is 9.69 Å². The zero-order chi connectivity index (χ0) is 17.0. The van der Waals surface area contributed by atoms with Gasteiger partial charge in [0.05, 0.1) is 5.92 Å². The summed E-state index contributed by atoms with van der Waals surface area (Å²) >= 11 is 0. The van der Waals surface area contributed by atoms with Gasteiger partial charge in [-0.15, -0.1) is 0 Å². The molecule has 4 nitrogen and oxygen atoms in total. The number of hydrogen-bond donors (Lipinski definition) is 2. The second-order valence-electron chi connectivity index (χ2n) is 7.37. The van der Waals surface area contributed by atoms with Crippen LogP contribution in [0.4, 0.5) is 0 Å². The third-order valence-corrected chi connectivity index (χ3v) is 5.93. The Hall–Kier alpha value is -2.07. The monoisotopic (exact) mass is 323 g/mol. The van der Waals surface area contributed by atoms with Gasteiger partial charge in [0.2, 0.25) is 5.91 Å². The maximum absolute atomic E-state index is 11.8. The number of rotatable bonds is 3. The van der Waals surface area contributed by atoms with Crippen molar-refractivity contribution >= 4 is 22.4 Å². The van der Waals surface area contributed by atoms with E-state index in [2.05, 4.69) is 55.2 Å². The molecule has 2 aliphatic rings. The molecule has 126 valence electrons. The van der Waals surface area contributed by atoms with Crippen LogP contribution in [-0.2, 0) is 11.2 Å². The molecule has 0 saturated carbocycles. The summed E-state index contributed by atoms with van der Waals surface area (Å²) in [6.07, 6.45) is 6.39. The highest BCUT2D eigenvalue weighted by Crippen LogP contribution is 2.44. The second-order valence-corrected chi connectivity index (χ2v) is 7.37. The fourth-order valence-electron chi connectivity index (χ4n) is 4.36. The third kappa shape index (κ3) is 2.13. The molecule has 1 aromatic heterocycles. The van der Waals surface area contributed by atoms with Crippen molar-refractivity contribution in [1.29, 1.82) is 0 Å². The summed E-state index contributed by atoms with van der Waals surface area (Å²) in [7, 11) is 2.11. The molecule has 0 bridgehead atoms. The number of nitrogens with zero attached hydrogens (tertiary/aromatic N) is 1. The molecule has 2 aromatic rings. The van der Waals surface area contributed by atoms with E-state index in [1.165, 1.54) is 33.2 Å². The first kappa shape index (κ1) is 15.5. The van der Waals surface area contributed by atoms with Crippen molar-refractivity contribution in [3.63, 3.8) is 0 Å². The molecule has 1 aliphatic carbocycles. The Morgan fingerprint density at radius 1 is 1.46 bits per heavy atom. The molecule has 0 spiro atoms. The van der Waals surface area contributed by atoms with E-state index >= 15 is 0 Å². The number of benzene rings is 1. The molecule has 4 heteroatoms. The molecule has 0 radical (unpaired) electrons. The van der Waals surface area contributed by atoms with Crippen LogP contribution in [0.25, 0.3) is 16.5 Å². The highest BCUT2D eigenvalue weighted by atomic mass is 16.1. The number of carbonyl (C=O) groups is 1. The molecular formula is C20H25N3O. The largest absolute Gasteiger partial charge is 0.369 e. The van der Waals surface area contributed by atoms with Crippen molar-refractivity contribution in [3.05, 3.63) is 41.1 Å². The predicted octanol–water partition coefficient (Wildman–Crippen LogP) is 3.04. The average molecular weight is 323 g/mol. The number of hydrogen-bond acceptors (Lipinski definition) is 2. The van der Waals surface area contributed by atoms with Gasteiger partial charge in [-0.05, 0) is 54.1 Å². The zero-order valence-electron chi connectivity index (χ0n) is 14.6. The van der Waals surface area contributed by atoms with E-state index in [1.807, 2.05) is 0 Å². The summed E-state index contributed by atoms with van der Waals surface area (Å²) in [5.41, 5.74) is 12.2. The van der Waals surface area contributed by atoms with Crippen molar-refractivity contribution in [3.8, 4) is 0 Å². The molecule has 3 atom stereocenters. The van der Waals surface area contributed by atoms with E-state index in [9.17, 15) is 4.79 Å². The first-order chi connectivity index (χ1) is 11.5. The van der Waals surface area contributed by atoms with E-state index in [-0.39, 0.29) is 11.8 Å². The molecule has 3 N–H and O–H groups in total. The molecule has 1 aromatic carbocycles. The number of amides is 1. The Bertz CT molecular complexity index is 848. The third-order valence-electron chi connectivity index (χ3n) is 5.93. The highest BCUT2D eigenvalue weighted by Gasteiger charge is 2.36. The quantitative estimate of drug-likeness (QED) is 0.912. The number of nitrogens with one attached hydrogen (secondary N) is 1. The van der Waals surface area contributed by atoms with Gasteiger partial charge in [-0.2, -0.15) is 0 Å². The van der Waals surface area contributed by atoms with Gasteiger partial charge in [0.25, 0.3) is 0 Å². The van der Waals surface area contributed by atoms with Crippen LogP contribution in [0.5, 0.6) is 0 Å². The highest BCUT2D eigenvalue weighted by molar-refractivity contribution is 6.00. The normalized spacial score (nSPS) is 24.5. The minimum absolute atomic E-state index is 0.207. The summed E-state index contributed by atoms with van der Waals surface area (Å²) in [6, 6.07) is 4.78. The predicted molar refractivity (Wildman–Crippen MR) is 97.8 cm³/mol.